The van der Waals surface area contributed by atoms with Gasteiger partial charge in [-0.1, -0.05) is 51.1 Å². The monoisotopic (exact) mass is 506 g/mol. The van der Waals surface area contributed by atoms with Gasteiger partial charge in [0.2, 0.25) is 11.8 Å². The van der Waals surface area contributed by atoms with Gasteiger partial charge in [0.25, 0.3) is 5.91 Å². The van der Waals surface area contributed by atoms with Gasteiger partial charge in [-0.25, -0.2) is 4.90 Å². The quantitative estimate of drug-likeness (QED) is 0.324. The first-order valence-corrected chi connectivity index (χ1v) is 13.0. The Morgan fingerprint density at radius 3 is 2.00 bits per heavy atom. The van der Waals surface area contributed by atoms with E-state index in [0.717, 1.165) is 12.2 Å². The molecule has 0 spiro atoms. The Bertz CT molecular complexity index is 1420. The molecule has 2 bridgehead atoms. The summed E-state index contributed by atoms with van der Waals surface area (Å²) in [5.41, 5.74) is 2.75. The van der Waals surface area contributed by atoms with E-state index in [0.29, 0.717) is 22.7 Å². The first-order chi connectivity index (χ1) is 18.2. The molecule has 3 aromatic carbocycles. The summed E-state index contributed by atoms with van der Waals surface area (Å²) in [6.45, 7) is 6.51. The maximum absolute atomic E-state index is 13.1. The molecule has 1 N–H and O–H groups in total. The van der Waals surface area contributed by atoms with Gasteiger partial charge in [0.15, 0.2) is 0 Å². The largest absolute Gasteiger partial charge is 0.457 e. The van der Waals surface area contributed by atoms with Gasteiger partial charge in [-0.15, -0.1) is 0 Å². The minimum absolute atomic E-state index is 0.0770. The highest BCUT2D eigenvalue weighted by atomic mass is 16.5. The van der Waals surface area contributed by atoms with Crippen molar-refractivity contribution in [3.8, 4) is 11.5 Å². The van der Waals surface area contributed by atoms with Crippen molar-refractivity contribution in [2.45, 2.75) is 32.6 Å². The van der Waals surface area contributed by atoms with E-state index >= 15 is 0 Å². The van der Waals surface area contributed by atoms with Crippen LogP contribution >= 0.6 is 0 Å². The van der Waals surface area contributed by atoms with Crippen LogP contribution in [0.5, 0.6) is 11.5 Å². The van der Waals surface area contributed by atoms with Gasteiger partial charge in [-0.2, -0.15) is 0 Å². The van der Waals surface area contributed by atoms with Crippen molar-refractivity contribution >= 4 is 29.1 Å². The minimum atomic E-state index is -0.320. The zero-order chi connectivity index (χ0) is 26.6. The molecule has 6 nitrogen and oxygen atoms in total. The fourth-order valence-corrected chi connectivity index (χ4v) is 5.91. The predicted molar refractivity (Wildman–Crippen MR) is 146 cm³/mol. The molecular formula is C32H30N2O4. The Hall–Kier alpha value is -4.19. The summed E-state index contributed by atoms with van der Waals surface area (Å²) < 4.78 is 5.95. The molecule has 6 heteroatoms. The van der Waals surface area contributed by atoms with Gasteiger partial charge in [-0.05, 0) is 83.8 Å². The average Bonchev–Trinajstić information content (AvgIpc) is 3.58. The fraction of sp³-hybridized carbons (Fsp3) is 0.281. The number of imide groups is 1. The lowest BCUT2D eigenvalue weighted by atomic mass is 9.85. The van der Waals surface area contributed by atoms with Crippen molar-refractivity contribution in [3.05, 3.63) is 96.1 Å². The number of carbonyl (C=O) groups is 3. The van der Waals surface area contributed by atoms with Gasteiger partial charge < -0.3 is 10.1 Å². The number of fused-ring (bicyclic) bond motifs is 5. The van der Waals surface area contributed by atoms with Crippen molar-refractivity contribution < 1.29 is 19.1 Å². The van der Waals surface area contributed by atoms with Gasteiger partial charge in [0.1, 0.15) is 11.5 Å². The van der Waals surface area contributed by atoms with E-state index in [1.54, 1.807) is 48.5 Å². The van der Waals surface area contributed by atoms with Crippen molar-refractivity contribution in [1.29, 1.82) is 0 Å². The van der Waals surface area contributed by atoms with Crippen molar-refractivity contribution in [2.75, 3.05) is 10.2 Å². The molecule has 4 atom stereocenters. The minimum Gasteiger partial charge on any atom is -0.457 e. The third kappa shape index (κ3) is 4.20. The summed E-state index contributed by atoms with van der Waals surface area (Å²) >= 11 is 0. The second-order valence-corrected chi connectivity index (χ2v) is 11.4. The van der Waals surface area contributed by atoms with E-state index in [2.05, 4.69) is 50.4 Å². The summed E-state index contributed by atoms with van der Waals surface area (Å²) in [4.78, 5) is 40.6. The maximum Gasteiger partial charge on any atom is 0.255 e. The number of carbonyl (C=O) groups excluding carboxylic acids is 3. The van der Waals surface area contributed by atoms with E-state index in [9.17, 15) is 14.4 Å². The topological polar surface area (TPSA) is 75.7 Å². The summed E-state index contributed by atoms with van der Waals surface area (Å²) in [6, 6.07) is 21.9. The van der Waals surface area contributed by atoms with E-state index in [-0.39, 0.29) is 46.8 Å². The van der Waals surface area contributed by atoms with E-state index in [4.69, 9.17) is 4.74 Å². The molecule has 0 radical (unpaired) electrons. The highest BCUT2D eigenvalue weighted by Gasteiger charge is 2.59. The molecule has 3 aromatic rings. The van der Waals surface area contributed by atoms with E-state index in [1.165, 1.54) is 10.5 Å². The molecule has 2 fully saturated rings. The smallest absolute Gasteiger partial charge is 0.255 e. The molecule has 1 saturated heterocycles. The van der Waals surface area contributed by atoms with Crippen LogP contribution in [0.3, 0.4) is 0 Å². The zero-order valence-corrected chi connectivity index (χ0v) is 21.7. The van der Waals surface area contributed by atoms with Gasteiger partial charge >= 0.3 is 0 Å². The van der Waals surface area contributed by atoms with Gasteiger partial charge in [0.05, 0.1) is 17.5 Å². The first kappa shape index (κ1) is 24.2. The molecule has 1 aliphatic heterocycles. The van der Waals surface area contributed by atoms with Crippen LogP contribution in [0.15, 0.2) is 84.9 Å². The molecule has 38 heavy (non-hydrogen) atoms. The number of nitrogens with one attached hydrogen (secondary N) is 1. The Labute approximate surface area is 222 Å². The van der Waals surface area contributed by atoms with Crippen LogP contribution in [0.25, 0.3) is 0 Å². The zero-order valence-electron chi connectivity index (χ0n) is 21.7. The molecule has 3 aliphatic rings. The Morgan fingerprint density at radius 2 is 1.42 bits per heavy atom. The number of rotatable bonds is 5. The van der Waals surface area contributed by atoms with Crippen LogP contribution < -0.4 is 15.0 Å². The number of anilines is 2. The predicted octanol–water partition coefficient (Wildman–Crippen LogP) is 6.34. The number of amides is 3. The molecule has 3 amide bonds. The first-order valence-electron chi connectivity index (χ1n) is 13.0. The average molecular weight is 507 g/mol. The second-order valence-electron chi connectivity index (χ2n) is 11.4. The van der Waals surface area contributed by atoms with Crippen LogP contribution in [0.4, 0.5) is 11.4 Å². The third-order valence-corrected chi connectivity index (χ3v) is 7.91. The molecule has 192 valence electrons. The lowest BCUT2D eigenvalue weighted by molar-refractivity contribution is -0.123. The van der Waals surface area contributed by atoms with Gasteiger partial charge in [-0.3, -0.25) is 14.4 Å². The van der Waals surface area contributed by atoms with Crippen LogP contribution in [0.2, 0.25) is 0 Å². The number of allylic oxidation sites excluding steroid dienone is 2. The molecule has 6 rings (SSSR count). The number of benzene rings is 3. The van der Waals surface area contributed by atoms with Crippen molar-refractivity contribution in [3.63, 3.8) is 0 Å². The number of nitrogens with zero attached hydrogens (tertiary/aromatic N) is 1. The van der Waals surface area contributed by atoms with Crippen LogP contribution in [0.1, 0.15) is 43.1 Å². The highest BCUT2D eigenvalue weighted by molar-refractivity contribution is 6.23. The van der Waals surface area contributed by atoms with E-state index in [1.807, 2.05) is 12.1 Å². The standard InChI is InChI=1S/C32H30N2O4/c1-32(2,3)22-9-13-25(14-10-22)38-26-15-11-23(12-16-26)33-29(35)21-5-4-6-24(18-21)34-30(36)27-19-7-8-20(17-19)28(27)31(34)37/h4-16,18-20,27-28H,17H2,1-3H3,(H,33,35)/t19-,20-,27-,28-/m0/s1. The van der Waals surface area contributed by atoms with Crippen LogP contribution in [0, 0.1) is 23.7 Å². The van der Waals surface area contributed by atoms with Gasteiger partial charge in [0, 0.05) is 11.3 Å². The third-order valence-electron chi connectivity index (χ3n) is 7.91. The lowest BCUT2D eigenvalue weighted by Gasteiger charge is -2.19. The Kier molecular flexibility index (Phi) is 5.71. The molecule has 2 aliphatic carbocycles. The number of hydrogen-bond donors (Lipinski definition) is 1. The lowest BCUT2D eigenvalue weighted by Crippen LogP contribution is -2.33. The summed E-state index contributed by atoms with van der Waals surface area (Å²) in [5, 5.41) is 2.88. The van der Waals surface area contributed by atoms with Crippen LogP contribution in [-0.4, -0.2) is 17.7 Å². The maximum atomic E-state index is 13.1. The Balaban J connectivity index is 1.12. The normalized spacial score (nSPS) is 23.6. The number of ether oxygens (including phenoxy) is 1. The fourth-order valence-electron chi connectivity index (χ4n) is 5.91. The van der Waals surface area contributed by atoms with Crippen molar-refractivity contribution in [2.24, 2.45) is 23.7 Å². The van der Waals surface area contributed by atoms with E-state index < -0.39 is 0 Å². The summed E-state index contributed by atoms with van der Waals surface area (Å²) in [6.07, 6.45) is 5.03. The second kappa shape index (κ2) is 8.98. The molecular weight excluding hydrogens is 476 g/mol. The summed E-state index contributed by atoms with van der Waals surface area (Å²) in [5.74, 6) is 0.522. The van der Waals surface area contributed by atoms with Crippen molar-refractivity contribution in [1.82, 2.24) is 0 Å². The highest BCUT2D eigenvalue weighted by Crippen LogP contribution is 2.53. The molecule has 0 unspecified atom stereocenters. The molecule has 0 aromatic heterocycles. The van der Waals surface area contributed by atoms with Crippen LogP contribution in [-0.2, 0) is 15.0 Å². The molecule has 1 heterocycles. The SMILES string of the molecule is CC(C)(C)c1ccc(Oc2ccc(NC(=O)c3cccc(N4C(=O)[C@@H]5[C@@H](C4=O)[C@H]4C=C[C@H]5C4)c3)cc2)cc1. The Morgan fingerprint density at radius 1 is 0.842 bits per heavy atom. The number of hydrogen-bond acceptors (Lipinski definition) is 4. The molecule has 1 saturated carbocycles. The summed E-state index contributed by atoms with van der Waals surface area (Å²) in [7, 11) is 0.